The fourth-order valence-corrected chi connectivity index (χ4v) is 2.88. The number of hydrogen-bond donors (Lipinski definition) is 1. The van der Waals surface area contributed by atoms with E-state index in [1.165, 1.54) is 0 Å². The SMILES string of the molecule is CCc1nc(NC)cc(Sc2ccc3c(c2)OCCO3)n1. The van der Waals surface area contributed by atoms with Crippen molar-refractivity contribution in [3.63, 3.8) is 0 Å². The first-order chi connectivity index (χ1) is 10.3. The van der Waals surface area contributed by atoms with Crippen LogP contribution in [0.5, 0.6) is 11.5 Å². The monoisotopic (exact) mass is 303 g/mol. The highest BCUT2D eigenvalue weighted by Crippen LogP contribution is 2.36. The first-order valence-corrected chi connectivity index (χ1v) is 7.73. The Kier molecular flexibility index (Phi) is 4.15. The summed E-state index contributed by atoms with van der Waals surface area (Å²) in [6.45, 7) is 3.25. The molecule has 0 fully saturated rings. The second-order valence-electron chi connectivity index (χ2n) is 4.52. The molecule has 21 heavy (non-hydrogen) atoms. The van der Waals surface area contributed by atoms with Crippen molar-refractivity contribution in [1.82, 2.24) is 9.97 Å². The van der Waals surface area contributed by atoms with Crippen molar-refractivity contribution in [3.8, 4) is 11.5 Å². The number of aromatic nitrogens is 2. The van der Waals surface area contributed by atoms with Crippen LogP contribution in [-0.4, -0.2) is 30.2 Å². The molecule has 0 saturated heterocycles. The van der Waals surface area contributed by atoms with E-state index in [2.05, 4.69) is 15.3 Å². The fraction of sp³-hybridized carbons (Fsp3) is 0.333. The Bertz CT molecular complexity index is 627. The van der Waals surface area contributed by atoms with Gasteiger partial charge in [0.25, 0.3) is 0 Å². The van der Waals surface area contributed by atoms with Crippen LogP contribution in [0.1, 0.15) is 12.7 Å². The van der Waals surface area contributed by atoms with Crippen LogP contribution in [0.2, 0.25) is 0 Å². The molecule has 0 aliphatic carbocycles. The molecule has 1 aliphatic heterocycles. The maximum Gasteiger partial charge on any atom is 0.162 e. The first kappa shape index (κ1) is 14.0. The standard InChI is InChI=1S/C15H17N3O2S/c1-3-13-17-14(16-2)9-15(18-13)21-10-4-5-11-12(8-10)20-7-6-19-11/h4-5,8-9H,3,6-7H2,1-2H3,(H,16,17,18). The van der Waals surface area contributed by atoms with E-state index in [4.69, 9.17) is 9.47 Å². The lowest BCUT2D eigenvalue weighted by Crippen LogP contribution is -2.15. The van der Waals surface area contributed by atoms with Crippen LogP contribution in [0.3, 0.4) is 0 Å². The second kappa shape index (κ2) is 6.22. The van der Waals surface area contributed by atoms with Gasteiger partial charge in [-0.25, -0.2) is 9.97 Å². The van der Waals surface area contributed by atoms with Crippen LogP contribution in [0.25, 0.3) is 0 Å². The van der Waals surface area contributed by atoms with Gasteiger partial charge < -0.3 is 14.8 Å². The predicted octanol–water partition coefficient (Wildman–Crippen LogP) is 3.00. The van der Waals surface area contributed by atoms with Crippen LogP contribution in [0, 0.1) is 0 Å². The van der Waals surface area contributed by atoms with Gasteiger partial charge in [-0.1, -0.05) is 18.7 Å². The number of hydrogen-bond acceptors (Lipinski definition) is 6. The molecule has 2 aromatic rings. The van der Waals surface area contributed by atoms with Gasteiger partial charge >= 0.3 is 0 Å². The van der Waals surface area contributed by atoms with E-state index >= 15 is 0 Å². The molecule has 5 nitrogen and oxygen atoms in total. The van der Waals surface area contributed by atoms with E-state index in [0.717, 1.165) is 39.5 Å². The summed E-state index contributed by atoms with van der Waals surface area (Å²) in [5, 5.41) is 3.99. The summed E-state index contributed by atoms with van der Waals surface area (Å²) >= 11 is 1.59. The number of anilines is 1. The maximum atomic E-state index is 5.61. The highest BCUT2D eigenvalue weighted by molar-refractivity contribution is 7.99. The molecule has 0 amide bonds. The van der Waals surface area contributed by atoms with E-state index in [1.54, 1.807) is 11.8 Å². The Morgan fingerprint density at radius 3 is 2.71 bits per heavy atom. The normalized spacial score (nSPS) is 13.0. The molecule has 1 aliphatic rings. The third-order valence-electron chi connectivity index (χ3n) is 3.06. The number of rotatable bonds is 4. The molecule has 0 spiro atoms. The van der Waals surface area contributed by atoms with Crippen molar-refractivity contribution >= 4 is 17.6 Å². The van der Waals surface area contributed by atoms with Gasteiger partial charge in [-0.3, -0.25) is 0 Å². The van der Waals surface area contributed by atoms with Gasteiger partial charge in [0.1, 0.15) is 29.9 Å². The van der Waals surface area contributed by atoms with Gasteiger partial charge in [-0.05, 0) is 18.2 Å². The zero-order valence-corrected chi connectivity index (χ0v) is 12.9. The molecular weight excluding hydrogens is 286 g/mol. The van der Waals surface area contributed by atoms with Crippen molar-refractivity contribution in [3.05, 3.63) is 30.1 Å². The Labute approximate surface area is 128 Å². The molecule has 0 unspecified atom stereocenters. The molecule has 1 N–H and O–H groups in total. The minimum atomic E-state index is 0.596. The third kappa shape index (κ3) is 3.21. The molecule has 6 heteroatoms. The molecule has 0 radical (unpaired) electrons. The molecule has 3 rings (SSSR count). The van der Waals surface area contributed by atoms with Crippen LogP contribution >= 0.6 is 11.8 Å². The highest BCUT2D eigenvalue weighted by atomic mass is 32.2. The Morgan fingerprint density at radius 1 is 1.14 bits per heavy atom. The number of nitrogens with one attached hydrogen (secondary N) is 1. The van der Waals surface area contributed by atoms with Gasteiger partial charge in [0.05, 0.1) is 0 Å². The smallest absolute Gasteiger partial charge is 0.162 e. The van der Waals surface area contributed by atoms with Crippen molar-refractivity contribution < 1.29 is 9.47 Å². The number of nitrogens with zero attached hydrogens (tertiary/aromatic N) is 2. The average Bonchev–Trinajstić information content (AvgIpc) is 2.54. The number of fused-ring (bicyclic) bond motifs is 1. The van der Waals surface area contributed by atoms with Gasteiger partial charge in [0, 0.05) is 24.4 Å². The summed E-state index contributed by atoms with van der Waals surface area (Å²) in [5.74, 6) is 3.27. The summed E-state index contributed by atoms with van der Waals surface area (Å²) in [7, 11) is 1.86. The summed E-state index contributed by atoms with van der Waals surface area (Å²) in [4.78, 5) is 10.0. The summed E-state index contributed by atoms with van der Waals surface area (Å²) in [6, 6.07) is 7.90. The zero-order valence-electron chi connectivity index (χ0n) is 12.0. The summed E-state index contributed by atoms with van der Waals surface area (Å²) < 4.78 is 11.1. The van der Waals surface area contributed by atoms with E-state index in [9.17, 15) is 0 Å². The molecule has 1 aromatic heterocycles. The lowest BCUT2D eigenvalue weighted by Gasteiger charge is -2.18. The number of benzene rings is 1. The minimum absolute atomic E-state index is 0.596. The first-order valence-electron chi connectivity index (χ1n) is 6.91. The summed E-state index contributed by atoms with van der Waals surface area (Å²) in [6.07, 6.45) is 0.810. The minimum Gasteiger partial charge on any atom is -0.486 e. The quantitative estimate of drug-likeness (QED) is 0.876. The third-order valence-corrected chi connectivity index (χ3v) is 3.97. The molecule has 0 atom stereocenters. The highest BCUT2D eigenvalue weighted by Gasteiger charge is 2.13. The van der Waals surface area contributed by atoms with Gasteiger partial charge in [0.15, 0.2) is 11.5 Å². The molecular formula is C15H17N3O2S. The maximum absolute atomic E-state index is 5.61. The van der Waals surface area contributed by atoms with Crippen LogP contribution in [0.4, 0.5) is 5.82 Å². The number of aryl methyl sites for hydroxylation is 1. The molecule has 2 heterocycles. The Hall–Kier alpha value is -1.95. The Morgan fingerprint density at radius 2 is 1.95 bits per heavy atom. The van der Waals surface area contributed by atoms with E-state index in [-0.39, 0.29) is 0 Å². The Balaban J connectivity index is 1.86. The van der Waals surface area contributed by atoms with Crippen LogP contribution in [0.15, 0.2) is 34.2 Å². The van der Waals surface area contributed by atoms with E-state index in [1.807, 2.05) is 38.2 Å². The summed E-state index contributed by atoms with van der Waals surface area (Å²) in [5.41, 5.74) is 0. The van der Waals surface area contributed by atoms with Crippen LogP contribution in [-0.2, 0) is 6.42 Å². The van der Waals surface area contributed by atoms with Crippen molar-refractivity contribution in [2.45, 2.75) is 23.3 Å². The van der Waals surface area contributed by atoms with E-state index in [0.29, 0.717) is 13.2 Å². The molecule has 0 bridgehead atoms. The van der Waals surface area contributed by atoms with Gasteiger partial charge in [0.2, 0.25) is 0 Å². The average molecular weight is 303 g/mol. The van der Waals surface area contributed by atoms with Crippen molar-refractivity contribution in [2.24, 2.45) is 0 Å². The molecule has 0 saturated carbocycles. The number of ether oxygens (including phenoxy) is 2. The second-order valence-corrected chi connectivity index (χ2v) is 5.61. The topological polar surface area (TPSA) is 56.3 Å². The largest absolute Gasteiger partial charge is 0.486 e. The van der Waals surface area contributed by atoms with Gasteiger partial charge in [-0.15, -0.1) is 0 Å². The van der Waals surface area contributed by atoms with Crippen LogP contribution < -0.4 is 14.8 Å². The predicted molar refractivity (Wildman–Crippen MR) is 82.5 cm³/mol. The van der Waals surface area contributed by atoms with E-state index < -0.39 is 0 Å². The molecule has 110 valence electrons. The van der Waals surface area contributed by atoms with Crippen molar-refractivity contribution in [1.29, 1.82) is 0 Å². The van der Waals surface area contributed by atoms with Gasteiger partial charge in [-0.2, -0.15) is 0 Å². The fourth-order valence-electron chi connectivity index (χ4n) is 2.02. The zero-order chi connectivity index (χ0) is 14.7. The lowest BCUT2D eigenvalue weighted by molar-refractivity contribution is 0.171. The molecule has 1 aromatic carbocycles. The van der Waals surface area contributed by atoms with Crippen molar-refractivity contribution in [2.75, 3.05) is 25.6 Å². The lowest BCUT2D eigenvalue weighted by atomic mass is 10.3.